The molecule has 0 saturated carbocycles. The van der Waals surface area contributed by atoms with E-state index in [1.54, 1.807) is 0 Å². The fraction of sp³-hybridized carbons (Fsp3) is 0.562. The molecule has 1 atom stereocenters. The van der Waals surface area contributed by atoms with Crippen molar-refractivity contribution in [2.45, 2.75) is 38.8 Å². The highest BCUT2D eigenvalue weighted by Gasteiger charge is 2.19. The number of carbonyl (C=O) groups excluding carboxylic acids is 1. The van der Waals surface area contributed by atoms with Crippen molar-refractivity contribution in [2.24, 2.45) is 0 Å². The van der Waals surface area contributed by atoms with E-state index in [4.69, 9.17) is 4.74 Å². The molecule has 1 aliphatic heterocycles. The summed E-state index contributed by atoms with van der Waals surface area (Å²) in [6.07, 6.45) is 0.497. The third kappa shape index (κ3) is 5.59. The number of thioether (sulfide) groups is 1. The van der Waals surface area contributed by atoms with Crippen LogP contribution in [0.4, 0.5) is 5.69 Å². The topological polar surface area (TPSA) is 50.4 Å². The molecule has 0 aliphatic carbocycles. The fourth-order valence-electron chi connectivity index (χ4n) is 2.16. The van der Waals surface area contributed by atoms with Gasteiger partial charge in [0.15, 0.2) is 0 Å². The number of anilines is 1. The lowest BCUT2D eigenvalue weighted by molar-refractivity contribution is -0.116. The second-order valence-electron chi connectivity index (χ2n) is 6.19. The second-order valence-corrected chi connectivity index (χ2v) is 7.34. The molecule has 1 aromatic rings. The minimum atomic E-state index is -0.289. The lowest BCUT2D eigenvalue weighted by Crippen LogP contribution is -2.40. The van der Waals surface area contributed by atoms with Crippen LogP contribution in [0.3, 0.4) is 0 Å². The zero-order valence-corrected chi connectivity index (χ0v) is 13.8. The van der Waals surface area contributed by atoms with E-state index in [0.717, 1.165) is 23.7 Å². The van der Waals surface area contributed by atoms with Crippen molar-refractivity contribution < 1.29 is 9.53 Å². The Morgan fingerprint density at radius 3 is 2.86 bits per heavy atom. The molecular weight excluding hydrogens is 284 g/mol. The van der Waals surface area contributed by atoms with Crippen LogP contribution in [0.5, 0.6) is 5.75 Å². The molecule has 0 radical (unpaired) electrons. The molecule has 2 N–H and O–H groups in total. The maximum Gasteiger partial charge on any atom is 0.226 e. The van der Waals surface area contributed by atoms with E-state index in [0.29, 0.717) is 12.2 Å². The molecule has 1 saturated heterocycles. The lowest BCUT2D eigenvalue weighted by Gasteiger charge is -2.24. The molecule has 0 spiro atoms. The van der Waals surface area contributed by atoms with Gasteiger partial charge >= 0.3 is 0 Å². The van der Waals surface area contributed by atoms with Crippen LogP contribution in [-0.2, 0) is 4.79 Å². The Hall–Kier alpha value is -1.20. The second kappa shape index (κ2) is 7.18. The first-order valence-corrected chi connectivity index (χ1v) is 8.48. The molecule has 2 rings (SSSR count). The largest absolute Gasteiger partial charge is 0.486 e. The maximum atomic E-state index is 12.2. The van der Waals surface area contributed by atoms with Crippen molar-refractivity contribution in [3.05, 3.63) is 24.3 Å². The van der Waals surface area contributed by atoms with Gasteiger partial charge in [-0.25, -0.2) is 0 Å². The van der Waals surface area contributed by atoms with Crippen LogP contribution in [0.2, 0.25) is 0 Å². The average molecular weight is 308 g/mol. The predicted molar refractivity (Wildman–Crippen MR) is 89.2 cm³/mol. The summed E-state index contributed by atoms with van der Waals surface area (Å²) in [6, 6.07) is 7.84. The van der Waals surface area contributed by atoms with Crippen molar-refractivity contribution in [3.63, 3.8) is 0 Å². The summed E-state index contributed by atoms with van der Waals surface area (Å²) < 4.78 is 5.89. The summed E-state index contributed by atoms with van der Waals surface area (Å²) in [5.74, 6) is 2.86. The van der Waals surface area contributed by atoms with Gasteiger partial charge < -0.3 is 15.4 Å². The Labute approximate surface area is 131 Å². The van der Waals surface area contributed by atoms with Crippen molar-refractivity contribution >= 4 is 23.4 Å². The molecule has 116 valence electrons. The third-order valence-electron chi connectivity index (χ3n) is 3.01. The van der Waals surface area contributed by atoms with E-state index in [1.165, 1.54) is 0 Å². The number of hydrogen-bond acceptors (Lipinski definition) is 4. The smallest absolute Gasteiger partial charge is 0.226 e. The van der Waals surface area contributed by atoms with Gasteiger partial charge in [-0.3, -0.25) is 4.79 Å². The Morgan fingerprint density at radius 2 is 2.19 bits per heavy atom. The van der Waals surface area contributed by atoms with Crippen molar-refractivity contribution in [2.75, 3.05) is 23.4 Å². The van der Waals surface area contributed by atoms with Gasteiger partial charge in [-0.05, 0) is 32.9 Å². The summed E-state index contributed by atoms with van der Waals surface area (Å²) in [5.41, 5.74) is 0.448. The van der Waals surface area contributed by atoms with E-state index in [2.05, 4.69) is 10.6 Å². The normalized spacial score (nSPS) is 19.1. The monoisotopic (exact) mass is 308 g/mol. The molecule has 1 fully saturated rings. The quantitative estimate of drug-likeness (QED) is 0.898. The van der Waals surface area contributed by atoms with E-state index in [1.807, 2.05) is 56.8 Å². The molecule has 1 unspecified atom stereocenters. The van der Waals surface area contributed by atoms with Crippen LogP contribution < -0.4 is 15.4 Å². The highest BCUT2D eigenvalue weighted by molar-refractivity contribution is 7.99. The minimum Gasteiger partial charge on any atom is -0.486 e. The van der Waals surface area contributed by atoms with Crippen molar-refractivity contribution in [1.29, 1.82) is 0 Å². The van der Waals surface area contributed by atoms with Gasteiger partial charge in [-0.1, -0.05) is 12.1 Å². The first-order chi connectivity index (χ1) is 9.94. The molecular formula is C16H24N2O2S. The molecule has 1 heterocycles. The molecule has 5 heteroatoms. The number of amides is 1. The van der Waals surface area contributed by atoms with E-state index in [-0.39, 0.29) is 17.6 Å². The SMILES string of the molecule is CC(C)(C)Oc1ccccc1NC(=O)CC1CSCCN1. The molecule has 0 bridgehead atoms. The predicted octanol–water partition coefficient (Wildman–Crippen LogP) is 2.90. The average Bonchev–Trinajstić information content (AvgIpc) is 2.40. The number of benzene rings is 1. The summed E-state index contributed by atoms with van der Waals surface area (Å²) >= 11 is 1.90. The molecule has 1 amide bonds. The third-order valence-corrected chi connectivity index (χ3v) is 4.14. The van der Waals surface area contributed by atoms with Crippen LogP contribution in [-0.4, -0.2) is 35.6 Å². The van der Waals surface area contributed by atoms with E-state index >= 15 is 0 Å². The number of hydrogen-bond donors (Lipinski definition) is 2. The van der Waals surface area contributed by atoms with Gasteiger partial charge in [-0.15, -0.1) is 0 Å². The van der Waals surface area contributed by atoms with Crippen LogP contribution >= 0.6 is 11.8 Å². The summed E-state index contributed by atoms with van der Waals surface area (Å²) in [6.45, 7) is 6.96. The summed E-state index contributed by atoms with van der Waals surface area (Å²) in [4.78, 5) is 12.2. The molecule has 4 nitrogen and oxygen atoms in total. The Kier molecular flexibility index (Phi) is 5.53. The van der Waals surface area contributed by atoms with Gasteiger partial charge in [0.25, 0.3) is 0 Å². The Bertz CT molecular complexity index is 479. The zero-order valence-electron chi connectivity index (χ0n) is 12.9. The molecule has 1 aromatic carbocycles. The van der Waals surface area contributed by atoms with Crippen molar-refractivity contribution in [3.8, 4) is 5.75 Å². The highest BCUT2D eigenvalue weighted by atomic mass is 32.2. The van der Waals surface area contributed by atoms with Gasteiger partial charge in [0, 0.05) is 30.5 Å². The first kappa shape index (κ1) is 16.2. The van der Waals surface area contributed by atoms with Gasteiger partial charge in [0.2, 0.25) is 5.91 Å². The van der Waals surface area contributed by atoms with Crippen LogP contribution in [0.1, 0.15) is 27.2 Å². The van der Waals surface area contributed by atoms with Gasteiger partial charge in [0.1, 0.15) is 11.4 Å². The maximum absolute atomic E-state index is 12.2. The number of para-hydroxylation sites is 2. The van der Waals surface area contributed by atoms with E-state index < -0.39 is 0 Å². The fourth-order valence-corrected chi connectivity index (χ4v) is 3.11. The molecule has 1 aliphatic rings. The summed E-state index contributed by atoms with van der Waals surface area (Å²) in [5, 5.41) is 6.34. The standard InChI is InChI=1S/C16H24N2O2S/c1-16(2,3)20-14-7-5-4-6-13(14)18-15(19)10-12-11-21-9-8-17-12/h4-7,12,17H,8-11H2,1-3H3,(H,18,19). The Morgan fingerprint density at radius 1 is 1.43 bits per heavy atom. The van der Waals surface area contributed by atoms with E-state index in [9.17, 15) is 4.79 Å². The molecule has 0 aromatic heterocycles. The van der Waals surface area contributed by atoms with Crippen LogP contribution in [0.15, 0.2) is 24.3 Å². The first-order valence-electron chi connectivity index (χ1n) is 7.33. The number of carbonyl (C=O) groups is 1. The number of ether oxygens (including phenoxy) is 1. The lowest BCUT2D eigenvalue weighted by atomic mass is 10.2. The van der Waals surface area contributed by atoms with Crippen molar-refractivity contribution in [1.82, 2.24) is 5.32 Å². The minimum absolute atomic E-state index is 0.0277. The summed E-state index contributed by atoms with van der Waals surface area (Å²) in [7, 11) is 0. The number of nitrogens with one attached hydrogen (secondary N) is 2. The van der Waals surface area contributed by atoms with Gasteiger partial charge in [0.05, 0.1) is 5.69 Å². The van der Waals surface area contributed by atoms with Crippen LogP contribution in [0.25, 0.3) is 0 Å². The highest BCUT2D eigenvalue weighted by Crippen LogP contribution is 2.27. The molecule has 21 heavy (non-hydrogen) atoms. The van der Waals surface area contributed by atoms with Gasteiger partial charge in [-0.2, -0.15) is 11.8 Å². The Balaban J connectivity index is 1.96. The number of rotatable bonds is 4. The zero-order chi connectivity index (χ0) is 15.3. The van der Waals surface area contributed by atoms with Crippen LogP contribution in [0, 0.1) is 0 Å².